The minimum absolute atomic E-state index is 0.450. The lowest BCUT2D eigenvalue weighted by molar-refractivity contribution is 1.16. The summed E-state index contributed by atoms with van der Waals surface area (Å²) >= 11 is 3.26. The van der Waals surface area contributed by atoms with Crippen LogP contribution >= 0.6 is 15.9 Å². The predicted molar refractivity (Wildman–Crippen MR) is 37.8 cm³/mol. The smallest absolute Gasteiger partial charge is 0.0752 e. The molecule has 0 unspecified atom stereocenters. The second-order valence-electron chi connectivity index (χ2n) is 1.68. The van der Waals surface area contributed by atoms with Crippen LogP contribution in [0.25, 0.3) is 0 Å². The summed E-state index contributed by atoms with van der Waals surface area (Å²) in [6.45, 7) is 0. The first kappa shape index (κ1) is 6.37. The van der Waals surface area contributed by atoms with Gasteiger partial charge in [0.15, 0.2) is 0 Å². The first-order valence-electron chi connectivity index (χ1n) is 2.52. The Bertz CT molecular complexity index is 233. The molecule has 9 heavy (non-hydrogen) atoms. The molecule has 1 aromatic heterocycles. The molecule has 0 bridgehead atoms. The van der Waals surface area contributed by atoms with E-state index in [4.69, 9.17) is 5.26 Å². The lowest BCUT2D eigenvalue weighted by atomic mass is 10.3. The molecule has 0 saturated heterocycles. The maximum Gasteiger partial charge on any atom is 0.0752 e. The van der Waals surface area contributed by atoms with Crippen LogP contribution in [0.1, 0.15) is 5.69 Å². The minimum atomic E-state index is 0.450. The summed E-state index contributed by atoms with van der Waals surface area (Å²) < 4.78 is 0.993. The number of nitrogens with zero attached hydrogens (tertiary/aromatic N) is 1. The number of aromatic amines is 1. The van der Waals surface area contributed by atoms with Crippen molar-refractivity contribution in [2.75, 3.05) is 0 Å². The monoisotopic (exact) mass is 184 g/mol. The van der Waals surface area contributed by atoms with Crippen LogP contribution < -0.4 is 0 Å². The molecule has 0 aliphatic heterocycles. The molecule has 0 amide bonds. The highest BCUT2D eigenvalue weighted by molar-refractivity contribution is 9.10. The van der Waals surface area contributed by atoms with Gasteiger partial charge in [0, 0.05) is 16.4 Å². The number of hydrogen-bond acceptors (Lipinski definition) is 1. The fourth-order valence-electron chi connectivity index (χ4n) is 0.599. The molecule has 1 heterocycles. The van der Waals surface area contributed by atoms with Crippen LogP contribution in [0.4, 0.5) is 0 Å². The Hall–Kier alpha value is -0.750. The molecule has 1 rings (SSSR count). The molecule has 0 aliphatic rings. The van der Waals surface area contributed by atoms with E-state index in [0.717, 1.165) is 10.2 Å². The zero-order chi connectivity index (χ0) is 6.69. The molecule has 0 spiro atoms. The number of nitrogens with one attached hydrogen (secondary N) is 1. The fraction of sp³-hybridized carbons (Fsp3) is 0.167. The normalized spacial score (nSPS) is 8.89. The van der Waals surface area contributed by atoms with Gasteiger partial charge < -0.3 is 4.98 Å². The Labute approximate surface area is 61.6 Å². The Morgan fingerprint density at radius 1 is 1.78 bits per heavy atom. The highest BCUT2D eigenvalue weighted by Crippen LogP contribution is 2.10. The van der Waals surface area contributed by atoms with Crippen molar-refractivity contribution >= 4 is 15.9 Å². The number of nitriles is 1. The molecule has 0 radical (unpaired) electrons. The van der Waals surface area contributed by atoms with Crippen molar-refractivity contribution in [3.8, 4) is 6.07 Å². The number of rotatable bonds is 1. The SMILES string of the molecule is N#CCc1cc(Br)c[nH]1. The van der Waals surface area contributed by atoms with Gasteiger partial charge in [0.2, 0.25) is 0 Å². The lowest BCUT2D eigenvalue weighted by Gasteiger charge is -1.79. The summed E-state index contributed by atoms with van der Waals surface area (Å²) in [4.78, 5) is 2.94. The van der Waals surface area contributed by atoms with E-state index in [0.29, 0.717) is 6.42 Å². The lowest BCUT2D eigenvalue weighted by Crippen LogP contribution is -1.76. The molecule has 1 aromatic rings. The van der Waals surface area contributed by atoms with Gasteiger partial charge in [0.05, 0.1) is 12.5 Å². The Morgan fingerprint density at radius 2 is 2.56 bits per heavy atom. The maximum absolute atomic E-state index is 8.24. The quantitative estimate of drug-likeness (QED) is 0.712. The van der Waals surface area contributed by atoms with Crippen molar-refractivity contribution in [1.82, 2.24) is 4.98 Å². The number of H-pyrrole nitrogens is 1. The molecule has 0 atom stereocenters. The van der Waals surface area contributed by atoms with Crippen LogP contribution in [0, 0.1) is 11.3 Å². The zero-order valence-electron chi connectivity index (χ0n) is 4.69. The van der Waals surface area contributed by atoms with Gasteiger partial charge in [0.1, 0.15) is 0 Å². The highest BCUT2D eigenvalue weighted by Gasteiger charge is 1.92. The second kappa shape index (κ2) is 2.70. The van der Waals surface area contributed by atoms with Gasteiger partial charge in [-0.3, -0.25) is 0 Å². The van der Waals surface area contributed by atoms with Gasteiger partial charge in [-0.25, -0.2) is 0 Å². The van der Waals surface area contributed by atoms with Crippen LogP contribution in [0.3, 0.4) is 0 Å². The van der Waals surface area contributed by atoms with Gasteiger partial charge >= 0.3 is 0 Å². The van der Waals surface area contributed by atoms with E-state index in [2.05, 4.69) is 20.9 Å². The highest BCUT2D eigenvalue weighted by atomic mass is 79.9. The molecule has 1 N–H and O–H groups in total. The van der Waals surface area contributed by atoms with E-state index < -0.39 is 0 Å². The van der Waals surface area contributed by atoms with Crippen LogP contribution in [0.15, 0.2) is 16.7 Å². The van der Waals surface area contributed by atoms with Crippen LogP contribution in [0.2, 0.25) is 0 Å². The summed E-state index contributed by atoms with van der Waals surface area (Å²) in [5.41, 5.74) is 0.948. The standard InChI is InChI=1S/C6H5BrN2/c7-5-3-6(1-2-8)9-4-5/h3-4,9H,1H2. The van der Waals surface area contributed by atoms with Crippen molar-refractivity contribution in [3.05, 3.63) is 22.4 Å². The van der Waals surface area contributed by atoms with Gasteiger partial charge in [-0.15, -0.1) is 0 Å². The van der Waals surface area contributed by atoms with E-state index >= 15 is 0 Å². The van der Waals surface area contributed by atoms with Crippen molar-refractivity contribution in [2.45, 2.75) is 6.42 Å². The first-order chi connectivity index (χ1) is 4.33. The van der Waals surface area contributed by atoms with Crippen LogP contribution in [0.5, 0.6) is 0 Å². The third-order valence-electron chi connectivity index (χ3n) is 0.977. The third kappa shape index (κ3) is 1.58. The maximum atomic E-state index is 8.24. The number of aromatic nitrogens is 1. The Morgan fingerprint density at radius 3 is 3.00 bits per heavy atom. The van der Waals surface area contributed by atoms with Gasteiger partial charge in [0.25, 0.3) is 0 Å². The van der Waals surface area contributed by atoms with E-state index in [1.165, 1.54) is 0 Å². The summed E-state index contributed by atoms with van der Waals surface area (Å²) in [7, 11) is 0. The van der Waals surface area contributed by atoms with Gasteiger partial charge in [-0.05, 0) is 22.0 Å². The van der Waals surface area contributed by atoms with Crippen molar-refractivity contribution in [1.29, 1.82) is 5.26 Å². The molecule has 0 aliphatic carbocycles. The largest absolute Gasteiger partial charge is 0.363 e. The predicted octanol–water partition coefficient (Wildman–Crippen LogP) is 1.84. The summed E-state index contributed by atoms with van der Waals surface area (Å²) in [6.07, 6.45) is 2.26. The number of halogens is 1. The van der Waals surface area contributed by atoms with Crippen LogP contribution in [-0.2, 0) is 6.42 Å². The molecular formula is C6H5BrN2. The number of hydrogen-bond donors (Lipinski definition) is 1. The van der Waals surface area contributed by atoms with Crippen LogP contribution in [-0.4, -0.2) is 4.98 Å². The van der Waals surface area contributed by atoms with E-state index in [1.807, 2.05) is 18.3 Å². The molecule has 3 heteroatoms. The van der Waals surface area contributed by atoms with E-state index in [1.54, 1.807) is 0 Å². The van der Waals surface area contributed by atoms with E-state index in [-0.39, 0.29) is 0 Å². The van der Waals surface area contributed by atoms with Gasteiger partial charge in [-0.2, -0.15) is 5.26 Å². The summed E-state index contributed by atoms with van der Waals surface area (Å²) in [6, 6.07) is 3.94. The molecule has 2 nitrogen and oxygen atoms in total. The summed E-state index contributed by atoms with van der Waals surface area (Å²) in [5.74, 6) is 0. The Balaban J connectivity index is 2.76. The molecule has 0 aromatic carbocycles. The zero-order valence-corrected chi connectivity index (χ0v) is 6.27. The summed E-state index contributed by atoms with van der Waals surface area (Å²) in [5, 5.41) is 8.24. The van der Waals surface area contributed by atoms with E-state index in [9.17, 15) is 0 Å². The fourth-order valence-corrected chi connectivity index (χ4v) is 0.989. The first-order valence-corrected chi connectivity index (χ1v) is 3.32. The molecule has 46 valence electrons. The molecule has 0 saturated carbocycles. The molecular weight excluding hydrogens is 180 g/mol. The van der Waals surface area contributed by atoms with Gasteiger partial charge in [-0.1, -0.05) is 0 Å². The minimum Gasteiger partial charge on any atom is -0.363 e. The average Bonchev–Trinajstić information content (AvgIpc) is 2.17. The average molecular weight is 185 g/mol. The van der Waals surface area contributed by atoms with Crippen molar-refractivity contribution in [2.24, 2.45) is 0 Å². The Kier molecular flexibility index (Phi) is 1.91. The van der Waals surface area contributed by atoms with Crippen molar-refractivity contribution in [3.63, 3.8) is 0 Å². The second-order valence-corrected chi connectivity index (χ2v) is 2.59. The van der Waals surface area contributed by atoms with Crippen molar-refractivity contribution < 1.29 is 0 Å². The molecule has 0 fully saturated rings. The topological polar surface area (TPSA) is 39.6 Å². The third-order valence-corrected chi connectivity index (χ3v) is 1.43.